The van der Waals surface area contributed by atoms with E-state index in [1.54, 1.807) is 0 Å². The van der Waals surface area contributed by atoms with Gasteiger partial charge in [-0.3, -0.25) is 9.59 Å². The van der Waals surface area contributed by atoms with Crippen LogP contribution in [0.1, 0.15) is 118 Å². The number of ether oxygens (including phenoxy) is 2. The second kappa shape index (κ2) is 18.9. The van der Waals surface area contributed by atoms with Gasteiger partial charge in [-0.15, -0.1) is 0 Å². The Labute approximate surface area is 180 Å². The third kappa shape index (κ3) is 20.0. The van der Waals surface area contributed by atoms with Gasteiger partial charge >= 0.3 is 11.9 Å². The molecule has 29 heavy (non-hydrogen) atoms. The van der Waals surface area contributed by atoms with Crippen molar-refractivity contribution in [3.63, 3.8) is 0 Å². The largest absolute Gasteiger partial charge is 0.466 e. The Morgan fingerprint density at radius 1 is 0.586 bits per heavy atom. The fraction of sp³-hybridized carbons (Fsp3) is 0.920. The van der Waals surface area contributed by atoms with Crippen molar-refractivity contribution in [2.24, 2.45) is 17.8 Å². The van der Waals surface area contributed by atoms with Crippen molar-refractivity contribution in [1.29, 1.82) is 0 Å². The van der Waals surface area contributed by atoms with Crippen LogP contribution >= 0.6 is 0 Å². The lowest BCUT2D eigenvalue weighted by Gasteiger charge is -2.12. The molecule has 0 spiro atoms. The predicted octanol–water partition coefficient (Wildman–Crippen LogP) is 7.09. The van der Waals surface area contributed by atoms with Crippen LogP contribution in [0.25, 0.3) is 0 Å². The third-order valence-corrected chi connectivity index (χ3v) is 5.32. The Hall–Kier alpha value is -1.06. The van der Waals surface area contributed by atoms with E-state index in [2.05, 4.69) is 27.7 Å². The van der Waals surface area contributed by atoms with Crippen LogP contribution in [0.4, 0.5) is 0 Å². The van der Waals surface area contributed by atoms with Crippen LogP contribution in [0.5, 0.6) is 0 Å². The second-order valence-corrected chi connectivity index (χ2v) is 9.37. The summed E-state index contributed by atoms with van der Waals surface area (Å²) in [5, 5.41) is 0. The molecule has 0 aromatic rings. The lowest BCUT2D eigenvalue weighted by atomic mass is 10.0. The fourth-order valence-corrected chi connectivity index (χ4v) is 3.09. The number of carbonyl (C=O) groups is 2. The van der Waals surface area contributed by atoms with Crippen LogP contribution in [0.15, 0.2) is 0 Å². The first kappa shape index (κ1) is 27.9. The molecular formula is C25H48O4. The Balaban J connectivity index is 3.36. The van der Waals surface area contributed by atoms with E-state index >= 15 is 0 Å². The summed E-state index contributed by atoms with van der Waals surface area (Å²) in [6, 6.07) is 0. The minimum Gasteiger partial charge on any atom is -0.466 e. The molecule has 1 unspecified atom stereocenters. The summed E-state index contributed by atoms with van der Waals surface area (Å²) in [5.41, 5.74) is 0. The van der Waals surface area contributed by atoms with Crippen LogP contribution in [0.3, 0.4) is 0 Å². The Morgan fingerprint density at radius 2 is 1.03 bits per heavy atom. The highest BCUT2D eigenvalue weighted by Crippen LogP contribution is 2.15. The van der Waals surface area contributed by atoms with Gasteiger partial charge in [0.05, 0.1) is 19.1 Å². The van der Waals surface area contributed by atoms with E-state index in [9.17, 15) is 9.59 Å². The molecule has 1 atom stereocenters. The van der Waals surface area contributed by atoms with E-state index in [0.29, 0.717) is 31.5 Å². The monoisotopic (exact) mass is 412 g/mol. The molecule has 0 aliphatic rings. The summed E-state index contributed by atoms with van der Waals surface area (Å²) in [4.78, 5) is 23.5. The molecule has 0 bridgehead atoms. The summed E-state index contributed by atoms with van der Waals surface area (Å²) in [5.74, 6) is 1.12. The second-order valence-electron chi connectivity index (χ2n) is 9.37. The van der Waals surface area contributed by atoms with Crippen molar-refractivity contribution in [2.45, 2.75) is 118 Å². The molecule has 0 aliphatic heterocycles. The van der Waals surface area contributed by atoms with Crippen molar-refractivity contribution in [1.82, 2.24) is 0 Å². The van der Waals surface area contributed by atoms with E-state index in [-0.39, 0.29) is 17.9 Å². The van der Waals surface area contributed by atoms with Crippen molar-refractivity contribution in [3.8, 4) is 0 Å². The number of carbonyl (C=O) groups excluding carboxylic acids is 2. The number of unbranched alkanes of at least 4 members (excludes halogenated alkanes) is 8. The van der Waals surface area contributed by atoms with Gasteiger partial charge in [-0.05, 0) is 37.5 Å². The summed E-state index contributed by atoms with van der Waals surface area (Å²) in [7, 11) is 0. The van der Waals surface area contributed by atoms with Gasteiger partial charge in [0, 0.05) is 6.42 Å². The molecular weight excluding hydrogens is 364 g/mol. The highest BCUT2D eigenvalue weighted by molar-refractivity contribution is 5.71. The smallest absolute Gasteiger partial charge is 0.308 e. The summed E-state index contributed by atoms with van der Waals surface area (Å²) in [6.45, 7) is 11.7. The van der Waals surface area contributed by atoms with E-state index in [4.69, 9.17) is 9.47 Å². The van der Waals surface area contributed by atoms with Gasteiger partial charge in [0.25, 0.3) is 0 Å². The first-order valence-electron chi connectivity index (χ1n) is 12.1. The molecule has 0 aliphatic carbocycles. The molecule has 0 saturated carbocycles. The van der Waals surface area contributed by atoms with Gasteiger partial charge in [0.15, 0.2) is 0 Å². The maximum Gasteiger partial charge on any atom is 0.308 e. The van der Waals surface area contributed by atoms with E-state index in [0.717, 1.165) is 38.5 Å². The molecule has 4 heteroatoms. The highest BCUT2D eigenvalue weighted by Gasteiger charge is 2.13. The maximum atomic E-state index is 11.9. The van der Waals surface area contributed by atoms with Crippen molar-refractivity contribution in [2.75, 3.05) is 13.2 Å². The van der Waals surface area contributed by atoms with Crippen molar-refractivity contribution in [3.05, 3.63) is 0 Å². The Morgan fingerprint density at radius 3 is 1.55 bits per heavy atom. The molecule has 172 valence electrons. The zero-order valence-electron chi connectivity index (χ0n) is 20.0. The average molecular weight is 413 g/mol. The highest BCUT2D eigenvalue weighted by atomic mass is 16.5. The van der Waals surface area contributed by atoms with E-state index < -0.39 is 0 Å². The quantitative estimate of drug-likeness (QED) is 0.168. The fourth-order valence-electron chi connectivity index (χ4n) is 3.09. The topological polar surface area (TPSA) is 52.6 Å². The van der Waals surface area contributed by atoms with Gasteiger partial charge in [-0.1, -0.05) is 86.0 Å². The lowest BCUT2D eigenvalue weighted by molar-refractivity contribution is -0.148. The SMILES string of the molecule is CC(C)CCOC(=O)CCCCCCCCCCCC(C)C(=O)OCCC(C)C. The third-order valence-electron chi connectivity index (χ3n) is 5.32. The summed E-state index contributed by atoms with van der Waals surface area (Å²) < 4.78 is 10.6. The summed E-state index contributed by atoms with van der Waals surface area (Å²) in [6.07, 6.45) is 14.0. The van der Waals surface area contributed by atoms with Crippen LogP contribution in [-0.4, -0.2) is 25.2 Å². The predicted molar refractivity (Wildman–Crippen MR) is 121 cm³/mol. The minimum atomic E-state index is -0.0383. The number of hydrogen-bond acceptors (Lipinski definition) is 4. The molecule has 0 fully saturated rings. The Bertz CT molecular complexity index is 404. The van der Waals surface area contributed by atoms with E-state index in [1.807, 2.05) is 6.92 Å². The van der Waals surface area contributed by atoms with Gasteiger partial charge in [-0.25, -0.2) is 0 Å². The summed E-state index contributed by atoms with van der Waals surface area (Å²) >= 11 is 0. The molecule has 0 amide bonds. The van der Waals surface area contributed by atoms with Crippen molar-refractivity contribution < 1.29 is 19.1 Å². The standard InChI is InChI=1S/C25H48O4/c1-21(2)17-19-28-24(26)16-14-12-10-8-6-7-9-11-13-15-23(5)25(27)29-20-18-22(3)4/h21-23H,6-20H2,1-5H3. The number of rotatable bonds is 19. The number of hydrogen-bond donors (Lipinski definition) is 0. The minimum absolute atomic E-state index is 0.0271. The zero-order valence-corrected chi connectivity index (χ0v) is 20.0. The molecule has 4 nitrogen and oxygen atoms in total. The van der Waals surface area contributed by atoms with Gasteiger partial charge in [-0.2, -0.15) is 0 Å². The van der Waals surface area contributed by atoms with E-state index in [1.165, 1.54) is 38.5 Å². The first-order valence-corrected chi connectivity index (χ1v) is 12.1. The molecule has 0 aromatic carbocycles. The van der Waals surface area contributed by atoms with Crippen LogP contribution in [0, 0.1) is 17.8 Å². The molecule has 0 radical (unpaired) electrons. The maximum absolute atomic E-state index is 11.9. The van der Waals surface area contributed by atoms with Crippen LogP contribution < -0.4 is 0 Å². The average Bonchev–Trinajstić information content (AvgIpc) is 2.65. The molecule has 0 heterocycles. The number of esters is 2. The van der Waals surface area contributed by atoms with Crippen molar-refractivity contribution >= 4 is 11.9 Å². The van der Waals surface area contributed by atoms with Gasteiger partial charge < -0.3 is 9.47 Å². The first-order chi connectivity index (χ1) is 13.8. The molecule has 0 saturated heterocycles. The van der Waals surface area contributed by atoms with Gasteiger partial charge in [0.2, 0.25) is 0 Å². The Kier molecular flexibility index (Phi) is 18.2. The van der Waals surface area contributed by atoms with Crippen LogP contribution in [0.2, 0.25) is 0 Å². The van der Waals surface area contributed by atoms with Crippen LogP contribution in [-0.2, 0) is 19.1 Å². The lowest BCUT2D eigenvalue weighted by Crippen LogP contribution is -2.16. The molecule has 0 rings (SSSR count). The zero-order chi connectivity index (χ0) is 21.9. The normalized spacial score (nSPS) is 12.4. The molecule has 0 N–H and O–H groups in total. The molecule has 0 aromatic heterocycles. The van der Waals surface area contributed by atoms with Gasteiger partial charge in [0.1, 0.15) is 0 Å².